The van der Waals surface area contributed by atoms with Gasteiger partial charge in [-0.15, -0.1) is 11.8 Å². The maximum Gasteiger partial charge on any atom is 0.228 e. The molecule has 0 fully saturated rings. The molecule has 1 aliphatic rings. The van der Waals surface area contributed by atoms with Crippen LogP contribution in [0.25, 0.3) is 0 Å². The summed E-state index contributed by atoms with van der Waals surface area (Å²) in [6.45, 7) is 0. The molecule has 0 N–H and O–H groups in total. The number of carbonyl (C=O) groups excluding carboxylic acids is 2. The molecule has 0 radical (unpaired) electrons. The highest BCUT2D eigenvalue weighted by Crippen LogP contribution is 2.32. The molecule has 0 aromatic heterocycles. The predicted octanol–water partition coefficient (Wildman–Crippen LogP) is 3.89. The standard InChI is InChI=1S/C18H14O3S/c1-21-15-10-14(19)17-13(18(15)20)8-5-9-16(17)22-11-12-6-3-2-4-7-12/h2-10H,11H2,1H3. The van der Waals surface area contributed by atoms with Gasteiger partial charge in [-0.2, -0.15) is 0 Å². The van der Waals surface area contributed by atoms with Crippen LogP contribution in [0.4, 0.5) is 0 Å². The summed E-state index contributed by atoms with van der Waals surface area (Å²) < 4.78 is 4.98. The molecule has 0 amide bonds. The van der Waals surface area contributed by atoms with Gasteiger partial charge >= 0.3 is 0 Å². The molecule has 3 rings (SSSR count). The first-order valence-electron chi connectivity index (χ1n) is 6.85. The number of rotatable bonds is 4. The van der Waals surface area contributed by atoms with E-state index in [1.165, 1.54) is 18.7 Å². The van der Waals surface area contributed by atoms with Crippen molar-refractivity contribution >= 4 is 23.3 Å². The average Bonchev–Trinajstić information content (AvgIpc) is 2.57. The van der Waals surface area contributed by atoms with Gasteiger partial charge in [0.15, 0.2) is 11.5 Å². The summed E-state index contributed by atoms with van der Waals surface area (Å²) in [4.78, 5) is 25.4. The van der Waals surface area contributed by atoms with E-state index in [9.17, 15) is 9.59 Å². The normalized spacial score (nSPS) is 13.6. The van der Waals surface area contributed by atoms with E-state index in [0.717, 1.165) is 10.6 Å². The van der Waals surface area contributed by atoms with Gasteiger partial charge in [0.25, 0.3) is 0 Å². The highest BCUT2D eigenvalue weighted by molar-refractivity contribution is 7.98. The van der Waals surface area contributed by atoms with Gasteiger partial charge in [0.05, 0.1) is 7.11 Å². The lowest BCUT2D eigenvalue weighted by atomic mass is 9.93. The van der Waals surface area contributed by atoms with Gasteiger partial charge in [-0.1, -0.05) is 42.5 Å². The zero-order valence-corrected chi connectivity index (χ0v) is 12.9. The highest BCUT2D eigenvalue weighted by Gasteiger charge is 2.28. The van der Waals surface area contributed by atoms with Crippen molar-refractivity contribution in [2.24, 2.45) is 0 Å². The van der Waals surface area contributed by atoms with Crippen LogP contribution >= 0.6 is 11.8 Å². The van der Waals surface area contributed by atoms with E-state index in [0.29, 0.717) is 11.1 Å². The zero-order chi connectivity index (χ0) is 15.5. The average molecular weight is 310 g/mol. The first-order valence-corrected chi connectivity index (χ1v) is 7.83. The topological polar surface area (TPSA) is 43.4 Å². The van der Waals surface area contributed by atoms with Crippen molar-refractivity contribution in [2.75, 3.05) is 7.11 Å². The summed E-state index contributed by atoms with van der Waals surface area (Å²) >= 11 is 1.56. The van der Waals surface area contributed by atoms with Crippen molar-refractivity contribution in [3.63, 3.8) is 0 Å². The smallest absolute Gasteiger partial charge is 0.228 e. The van der Waals surface area contributed by atoms with Crippen molar-refractivity contribution in [3.8, 4) is 0 Å². The summed E-state index contributed by atoms with van der Waals surface area (Å²) in [5.74, 6) is 0.434. The minimum Gasteiger partial charge on any atom is -0.492 e. The van der Waals surface area contributed by atoms with Crippen molar-refractivity contribution in [1.29, 1.82) is 0 Å². The Hall–Kier alpha value is -2.33. The minimum absolute atomic E-state index is 0.0997. The molecule has 22 heavy (non-hydrogen) atoms. The summed E-state index contributed by atoms with van der Waals surface area (Å²) in [7, 11) is 1.40. The Morgan fingerprint density at radius 1 is 1.00 bits per heavy atom. The highest BCUT2D eigenvalue weighted by atomic mass is 32.2. The Kier molecular flexibility index (Phi) is 4.11. The fourth-order valence-corrected chi connectivity index (χ4v) is 3.42. The Morgan fingerprint density at radius 2 is 1.77 bits per heavy atom. The van der Waals surface area contributed by atoms with Crippen LogP contribution in [0, 0.1) is 0 Å². The second kappa shape index (κ2) is 6.20. The van der Waals surface area contributed by atoms with Gasteiger partial charge in [0, 0.05) is 27.9 Å². The molecule has 0 aliphatic heterocycles. The van der Waals surface area contributed by atoms with Crippen molar-refractivity contribution in [2.45, 2.75) is 10.6 Å². The SMILES string of the molecule is COC1=CC(=O)c2c(SCc3ccccc3)cccc2C1=O. The third kappa shape index (κ3) is 2.70. The van der Waals surface area contributed by atoms with Gasteiger partial charge in [-0.25, -0.2) is 0 Å². The zero-order valence-electron chi connectivity index (χ0n) is 12.0. The van der Waals surface area contributed by atoms with E-state index in [2.05, 4.69) is 0 Å². The second-order valence-corrected chi connectivity index (χ2v) is 5.88. The first-order chi connectivity index (χ1) is 10.7. The third-order valence-electron chi connectivity index (χ3n) is 3.46. The largest absolute Gasteiger partial charge is 0.492 e. The molecule has 0 saturated carbocycles. The predicted molar refractivity (Wildman–Crippen MR) is 86.2 cm³/mol. The van der Waals surface area contributed by atoms with Gasteiger partial charge in [0.2, 0.25) is 5.78 Å². The molecule has 3 nitrogen and oxygen atoms in total. The number of ether oxygens (including phenoxy) is 1. The minimum atomic E-state index is -0.237. The molecule has 0 unspecified atom stereocenters. The maximum absolute atomic E-state index is 12.3. The van der Waals surface area contributed by atoms with Crippen LogP contribution in [0.5, 0.6) is 0 Å². The number of carbonyl (C=O) groups is 2. The Balaban J connectivity index is 1.92. The number of hydrogen-bond donors (Lipinski definition) is 0. The van der Waals surface area contributed by atoms with Crippen LogP contribution in [0.3, 0.4) is 0 Å². The number of ketones is 2. The van der Waals surface area contributed by atoms with Crippen LogP contribution in [0.15, 0.2) is 65.3 Å². The molecular formula is C18H14O3S. The van der Waals surface area contributed by atoms with Crippen LogP contribution < -0.4 is 0 Å². The Morgan fingerprint density at radius 3 is 2.50 bits per heavy atom. The molecule has 2 aromatic rings. The van der Waals surface area contributed by atoms with E-state index in [-0.39, 0.29) is 17.3 Å². The maximum atomic E-state index is 12.3. The quantitative estimate of drug-likeness (QED) is 0.804. The Labute approximate surface area is 133 Å². The number of hydrogen-bond acceptors (Lipinski definition) is 4. The molecule has 0 saturated heterocycles. The second-order valence-electron chi connectivity index (χ2n) is 4.86. The molecule has 0 spiro atoms. The van der Waals surface area contributed by atoms with Crippen LogP contribution in [-0.4, -0.2) is 18.7 Å². The number of fused-ring (bicyclic) bond motifs is 1. The lowest BCUT2D eigenvalue weighted by molar-refractivity contribution is 0.0915. The van der Waals surface area contributed by atoms with Gasteiger partial charge < -0.3 is 4.74 Å². The van der Waals surface area contributed by atoms with Crippen LogP contribution in [-0.2, 0) is 10.5 Å². The molecule has 0 heterocycles. The van der Waals surface area contributed by atoms with E-state index in [1.807, 2.05) is 36.4 Å². The number of allylic oxidation sites excluding steroid dienone is 2. The molecule has 110 valence electrons. The number of benzene rings is 2. The fourth-order valence-electron chi connectivity index (χ4n) is 2.37. The van der Waals surface area contributed by atoms with E-state index in [4.69, 9.17) is 4.74 Å². The van der Waals surface area contributed by atoms with E-state index in [1.54, 1.807) is 23.9 Å². The summed E-state index contributed by atoms with van der Waals surface area (Å²) in [6, 6.07) is 15.4. The van der Waals surface area contributed by atoms with Crippen molar-refractivity contribution < 1.29 is 14.3 Å². The van der Waals surface area contributed by atoms with Crippen molar-refractivity contribution in [3.05, 3.63) is 77.1 Å². The molecule has 1 aliphatic carbocycles. The Bertz CT molecular complexity index is 763. The van der Waals surface area contributed by atoms with E-state index >= 15 is 0 Å². The summed E-state index contributed by atoms with van der Waals surface area (Å²) in [5.41, 5.74) is 2.07. The fraction of sp³-hybridized carbons (Fsp3) is 0.111. The van der Waals surface area contributed by atoms with Crippen LogP contribution in [0.1, 0.15) is 26.3 Å². The number of thioether (sulfide) groups is 1. The lowest BCUT2D eigenvalue weighted by Gasteiger charge is -2.17. The van der Waals surface area contributed by atoms with Crippen molar-refractivity contribution in [1.82, 2.24) is 0 Å². The lowest BCUT2D eigenvalue weighted by Crippen LogP contribution is -2.18. The molecule has 0 atom stereocenters. The summed E-state index contributed by atoms with van der Waals surface area (Å²) in [5, 5.41) is 0. The molecular weight excluding hydrogens is 296 g/mol. The van der Waals surface area contributed by atoms with Gasteiger partial charge in [0.1, 0.15) is 0 Å². The number of methoxy groups -OCH3 is 1. The number of Topliss-reactive ketones (excluding diaryl/α,β-unsaturated/α-hetero) is 1. The van der Waals surface area contributed by atoms with E-state index < -0.39 is 0 Å². The first kappa shape index (κ1) is 14.6. The monoisotopic (exact) mass is 310 g/mol. The molecule has 0 bridgehead atoms. The molecule has 2 aromatic carbocycles. The summed E-state index contributed by atoms with van der Waals surface area (Å²) in [6.07, 6.45) is 1.28. The third-order valence-corrected chi connectivity index (χ3v) is 4.59. The van der Waals surface area contributed by atoms with Gasteiger partial charge in [-0.3, -0.25) is 9.59 Å². The molecule has 4 heteroatoms. The van der Waals surface area contributed by atoms with Gasteiger partial charge in [-0.05, 0) is 11.6 Å². The van der Waals surface area contributed by atoms with Crippen LogP contribution in [0.2, 0.25) is 0 Å².